The average Bonchev–Trinajstić information content (AvgIpc) is 2.58. The van der Waals surface area contributed by atoms with E-state index in [0.29, 0.717) is 5.92 Å². The molecule has 1 aromatic carbocycles. The van der Waals surface area contributed by atoms with Crippen LogP contribution in [0.2, 0.25) is 0 Å². The summed E-state index contributed by atoms with van der Waals surface area (Å²) in [7, 11) is 0. The summed E-state index contributed by atoms with van der Waals surface area (Å²) in [5.74, 6) is 0.558. The lowest BCUT2D eigenvalue weighted by molar-refractivity contribution is -0.130. The van der Waals surface area contributed by atoms with Crippen molar-refractivity contribution in [2.75, 3.05) is 6.54 Å². The van der Waals surface area contributed by atoms with Crippen LogP contribution >= 0.6 is 0 Å². The molecule has 2 atom stereocenters. The first-order valence-electron chi connectivity index (χ1n) is 6.20. The lowest BCUT2D eigenvalue weighted by Crippen LogP contribution is -2.36. The summed E-state index contributed by atoms with van der Waals surface area (Å²) in [4.78, 5) is 14.0. The fraction of sp³-hybridized carbons (Fsp3) is 0.500. The summed E-state index contributed by atoms with van der Waals surface area (Å²) in [6.45, 7) is 5.03. The van der Waals surface area contributed by atoms with E-state index in [-0.39, 0.29) is 18.0 Å². The van der Waals surface area contributed by atoms with Crippen LogP contribution in [-0.4, -0.2) is 23.4 Å². The summed E-state index contributed by atoms with van der Waals surface area (Å²) >= 11 is 0. The van der Waals surface area contributed by atoms with Crippen LogP contribution in [0.5, 0.6) is 0 Å². The zero-order valence-corrected chi connectivity index (χ0v) is 10.5. The molecule has 1 heterocycles. The maximum absolute atomic E-state index is 12.0. The van der Waals surface area contributed by atoms with Crippen molar-refractivity contribution in [1.29, 1.82) is 0 Å². The minimum Gasteiger partial charge on any atom is -0.334 e. The Balaban J connectivity index is 2.23. The summed E-state index contributed by atoms with van der Waals surface area (Å²) < 4.78 is 0. The monoisotopic (exact) mass is 232 g/mol. The first-order valence-corrected chi connectivity index (χ1v) is 6.20. The molecule has 0 saturated carbocycles. The Hall–Kier alpha value is -1.35. The van der Waals surface area contributed by atoms with Crippen molar-refractivity contribution in [1.82, 2.24) is 4.90 Å². The van der Waals surface area contributed by atoms with E-state index in [9.17, 15) is 4.79 Å². The van der Waals surface area contributed by atoms with Gasteiger partial charge >= 0.3 is 0 Å². The molecule has 1 amide bonds. The number of nitrogens with zero attached hydrogens (tertiary/aromatic N) is 1. The maximum Gasteiger partial charge on any atom is 0.240 e. The molecule has 0 aromatic heterocycles. The number of carbonyl (C=O) groups is 1. The van der Waals surface area contributed by atoms with E-state index in [1.165, 1.54) is 5.56 Å². The van der Waals surface area contributed by atoms with Crippen LogP contribution in [0, 0.1) is 5.92 Å². The highest BCUT2D eigenvalue weighted by Crippen LogP contribution is 2.32. The number of rotatable bonds is 3. The van der Waals surface area contributed by atoms with Crippen LogP contribution in [0.3, 0.4) is 0 Å². The molecule has 3 heteroatoms. The fourth-order valence-electron chi connectivity index (χ4n) is 2.44. The molecule has 17 heavy (non-hydrogen) atoms. The third kappa shape index (κ3) is 2.50. The summed E-state index contributed by atoms with van der Waals surface area (Å²) in [6, 6.07) is 9.98. The number of carbonyl (C=O) groups excluding carboxylic acids is 1. The molecule has 1 fully saturated rings. The van der Waals surface area contributed by atoms with Gasteiger partial charge in [-0.1, -0.05) is 44.2 Å². The van der Waals surface area contributed by atoms with Gasteiger partial charge in [-0.3, -0.25) is 4.79 Å². The molecule has 3 nitrogen and oxygen atoms in total. The number of amides is 1. The minimum atomic E-state index is -0.334. The average molecular weight is 232 g/mol. The Morgan fingerprint density at radius 1 is 1.35 bits per heavy atom. The normalized spacial score (nSPS) is 24.7. The van der Waals surface area contributed by atoms with Gasteiger partial charge in [0.15, 0.2) is 0 Å². The molecule has 1 aromatic rings. The Morgan fingerprint density at radius 3 is 2.59 bits per heavy atom. The van der Waals surface area contributed by atoms with E-state index in [4.69, 9.17) is 5.73 Å². The number of hydrogen-bond donors (Lipinski definition) is 1. The third-order valence-electron chi connectivity index (χ3n) is 3.20. The zero-order valence-electron chi connectivity index (χ0n) is 10.5. The lowest BCUT2D eigenvalue weighted by atomic mass is 10.0. The number of likely N-dealkylation sites (tertiary alicyclic amines) is 1. The molecule has 1 aliphatic heterocycles. The Bertz CT molecular complexity index is 388. The van der Waals surface area contributed by atoms with Gasteiger partial charge < -0.3 is 10.6 Å². The van der Waals surface area contributed by atoms with Gasteiger partial charge in [-0.2, -0.15) is 0 Å². The molecule has 0 spiro atoms. The number of nitrogens with two attached hydrogens (primary N) is 1. The standard InChI is InChI=1S/C14H20N2O/c1-10(2)9-16-13(8-12(15)14(16)17)11-6-4-3-5-7-11/h3-7,10,12-13H,8-9,15H2,1-2H3/t12-,13+/m1/s1. The van der Waals surface area contributed by atoms with Crippen LogP contribution in [0.25, 0.3) is 0 Å². The van der Waals surface area contributed by atoms with Crippen molar-refractivity contribution in [3.05, 3.63) is 35.9 Å². The molecule has 1 saturated heterocycles. The highest BCUT2D eigenvalue weighted by atomic mass is 16.2. The first-order chi connectivity index (χ1) is 8.09. The minimum absolute atomic E-state index is 0.0903. The van der Waals surface area contributed by atoms with Gasteiger partial charge in [0.25, 0.3) is 0 Å². The van der Waals surface area contributed by atoms with Gasteiger partial charge in [0.05, 0.1) is 12.1 Å². The van der Waals surface area contributed by atoms with Crippen molar-refractivity contribution in [2.24, 2.45) is 11.7 Å². The van der Waals surface area contributed by atoms with Gasteiger partial charge in [-0.25, -0.2) is 0 Å². The fourth-order valence-corrected chi connectivity index (χ4v) is 2.44. The smallest absolute Gasteiger partial charge is 0.240 e. The van der Waals surface area contributed by atoms with Crippen LogP contribution in [0.1, 0.15) is 31.9 Å². The second-order valence-electron chi connectivity index (χ2n) is 5.15. The Kier molecular flexibility index (Phi) is 3.48. The second kappa shape index (κ2) is 4.88. The molecule has 2 N–H and O–H groups in total. The molecular formula is C14H20N2O. The number of hydrogen-bond acceptors (Lipinski definition) is 2. The van der Waals surface area contributed by atoms with Gasteiger partial charge in [0.1, 0.15) is 0 Å². The van der Waals surface area contributed by atoms with E-state index in [0.717, 1.165) is 13.0 Å². The zero-order chi connectivity index (χ0) is 12.4. The molecule has 0 aliphatic carbocycles. The van der Waals surface area contributed by atoms with Crippen molar-refractivity contribution < 1.29 is 4.79 Å². The van der Waals surface area contributed by atoms with Gasteiger partial charge in [-0.15, -0.1) is 0 Å². The molecular weight excluding hydrogens is 212 g/mol. The van der Waals surface area contributed by atoms with E-state index < -0.39 is 0 Å². The summed E-state index contributed by atoms with van der Waals surface area (Å²) in [6.07, 6.45) is 0.732. The molecule has 0 bridgehead atoms. The predicted molar refractivity (Wildman–Crippen MR) is 68.3 cm³/mol. The van der Waals surface area contributed by atoms with Gasteiger partial charge in [0, 0.05) is 6.54 Å². The van der Waals surface area contributed by atoms with E-state index in [2.05, 4.69) is 26.0 Å². The SMILES string of the molecule is CC(C)CN1C(=O)[C@H](N)C[C@H]1c1ccccc1. The van der Waals surface area contributed by atoms with Crippen LogP contribution < -0.4 is 5.73 Å². The molecule has 0 radical (unpaired) electrons. The predicted octanol–water partition coefficient (Wildman–Crippen LogP) is 1.94. The summed E-state index contributed by atoms with van der Waals surface area (Å²) in [5, 5.41) is 0. The molecule has 1 aliphatic rings. The van der Waals surface area contributed by atoms with E-state index in [1.54, 1.807) is 0 Å². The second-order valence-corrected chi connectivity index (χ2v) is 5.15. The van der Waals surface area contributed by atoms with Crippen molar-refractivity contribution in [3.63, 3.8) is 0 Å². The van der Waals surface area contributed by atoms with Crippen molar-refractivity contribution >= 4 is 5.91 Å². The summed E-state index contributed by atoms with van der Waals surface area (Å²) in [5.41, 5.74) is 7.07. The van der Waals surface area contributed by atoms with Gasteiger partial charge in [-0.05, 0) is 17.9 Å². The largest absolute Gasteiger partial charge is 0.334 e. The first kappa shape index (κ1) is 12.1. The third-order valence-corrected chi connectivity index (χ3v) is 3.20. The van der Waals surface area contributed by atoms with Crippen LogP contribution in [0.15, 0.2) is 30.3 Å². The molecule has 0 unspecified atom stereocenters. The van der Waals surface area contributed by atoms with Crippen LogP contribution in [-0.2, 0) is 4.79 Å². The molecule has 2 rings (SSSR count). The quantitative estimate of drug-likeness (QED) is 0.865. The lowest BCUT2D eigenvalue weighted by Gasteiger charge is -2.26. The highest BCUT2D eigenvalue weighted by molar-refractivity contribution is 5.84. The Labute approximate surface area is 103 Å². The maximum atomic E-state index is 12.0. The van der Waals surface area contributed by atoms with Gasteiger partial charge in [0.2, 0.25) is 5.91 Å². The van der Waals surface area contributed by atoms with Crippen LogP contribution in [0.4, 0.5) is 0 Å². The highest BCUT2D eigenvalue weighted by Gasteiger charge is 2.37. The topological polar surface area (TPSA) is 46.3 Å². The molecule has 92 valence electrons. The van der Waals surface area contributed by atoms with E-state index in [1.807, 2.05) is 23.1 Å². The van der Waals surface area contributed by atoms with Crippen molar-refractivity contribution in [2.45, 2.75) is 32.4 Å². The Morgan fingerprint density at radius 2 is 2.00 bits per heavy atom. The van der Waals surface area contributed by atoms with Crippen molar-refractivity contribution in [3.8, 4) is 0 Å². The number of benzene rings is 1. The van der Waals surface area contributed by atoms with E-state index >= 15 is 0 Å².